The molecule has 0 N–H and O–H groups in total. The number of hydrogen-bond donors (Lipinski definition) is 0. The van der Waals surface area contributed by atoms with Crippen molar-refractivity contribution in [2.24, 2.45) is 5.92 Å². The third kappa shape index (κ3) is 2.14. The summed E-state index contributed by atoms with van der Waals surface area (Å²) in [4.78, 5) is 14.3. The van der Waals surface area contributed by atoms with E-state index in [2.05, 4.69) is 50.7 Å². The topological polar surface area (TPSA) is 29.0 Å². The predicted molar refractivity (Wildman–Crippen MR) is 80.9 cm³/mol. The Bertz CT molecular complexity index is 568. The van der Waals surface area contributed by atoms with Gasteiger partial charge in [0.1, 0.15) is 17.0 Å². The van der Waals surface area contributed by atoms with Gasteiger partial charge in [0.2, 0.25) is 0 Å². The fourth-order valence-electron chi connectivity index (χ4n) is 2.52. The molecule has 96 valence electrons. The van der Waals surface area contributed by atoms with Gasteiger partial charge < -0.3 is 4.90 Å². The molecule has 3 rings (SSSR count). The smallest absolute Gasteiger partial charge is 0.140 e. The van der Waals surface area contributed by atoms with Crippen molar-refractivity contribution in [2.75, 3.05) is 18.0 Å². The molecule has 18 heavy (non-hydrogen) atoms. The summed E-state index contributed by atoms with van der Waals surface area (Å²) in [6, 6.07) is 2.21. The molecular formula is C13H16BrN3S. The fourth-order valence-corrected chi connectivity index (χ4v) is 3.74. The number of nitrogens with zero attached hydrogens (tertiary/aromatic N) is 3. The number of fused-ring (bicyclic) bond motifs is 1. The Balaban J connectivity index is 1.99. The monoisotopic (exact) mass is 325 g/mol. The molecule has 1 aliphatic rings. The van der Waals surface area contributed by atoms with Crippen molar-refractivity contribution in [3.8, 4) is 0 Å². The first-order valence-corrected chi connectivity index (χ1v) is 7.98. The van der Waals surface area contributed by atoms with Crippen molar-refractivity contribution < 1.29 is 0 Å². The van der Waals surface area contributed by atoms with Crippen molar-refractivity contribution in [1.29, 1.82) is 0 Å². The maximum atomic E-state index is 4.51. The molecular weight excluding hydrogens is 310 g/mol. The van der Waals surface area contributed by atoms with E-state index in [9.17, 15) is 0 Å². The third-order valence-corrected chi connectivity index (χ3v) is 5.85. The Morgan fingerprint density at radius 3 is 3.06 bits per heavy atom. The Morgan fingerprint density at radius 2 is 2.28 bits per heavy atom. The van der Waals surface area contributed by atoms with E-state index < -0.39 is 0 Å². The first kappa shape index (κ1) is 12.4. The largest absolute Gasteiger partial charge is 0.356 e. The maximum absolute atomic E-state index is 4.51. The second-order valence-electron chi connectivity index (χ2n) is 5.00. The minimum atomic E-state index is 0.635. The summed E-state index contributed by atoms with van der Waals surface area (Å²) in [5.41, 5.74) is 0. The molecule has 0 spiro atoms. The van der Waals surface area contributed by atoms with Gasteiger partial charge >= 0.3 is 0 Å². The van der Waals surface area contributed by atoms with Crippen LogP contribution in [0.3, 0.4) is 0 Å². The van der Waals surface area contributed by atoms with Gasteiger partial charge in [0.25, 0.3) is 0 Å². The summed E-state index contributed by atoms with van der Waals surface area (Å²) in [5, 5.41) is 1.21. The van der Waals surface area contributed by atoms with Crippen molar-refractivity contribution in [2.45, 2.75) is 25.1 Å². The first-order chi connectivity index (χ1) is 8.65. The first-order valence-electron chi connectivity index (χ1n) is 6.25. The summed E-state index contributed by atoms with van der Waals surface area (Å²) < 4.78 is 0. The average molecular weight is 326 g/mol. The summed E-state index contributed by atoms with van der Waals surface area (Å²) in [7, 11) is 0. The Morgan fingerprint density at radius 1 is 1.44 bits per heavy atom. The Hall–Kier alpha value is -0.680. The fraction of sp³-hybridized carbons (Fsp3) is 0.538. The molecule has 3 nitrogen and oxygen atoms in total. The maximum Gasteiger partial charge on any atom is 0.140 e. The van der Waals surface area contributed by atoms with E-state index in [-0.39, 0.29) is 0 Å². The highest BCUT2D eigenvalue weighted by Gasteiger charge is 2.26. The van der Waals surface area contributed by atoms with Crippen LogP contribution in [0.4, 0.5) is 5.82 Å². The van der Waals surface area contributed by atoms with E-state index >= 15 is 0 Å². The Kier molecular flexibility index (Phi) is 3.28. The van der Waals surface area contributed by atoms with E-state index in [0.29, 0.717) is 10.7 Å². The molecule has 2 unspecified atom stereocenters. The standard InChI is InChI=1S/C13H16BrN3S/c1-8-6-17(4-3-11(8)14)12-10-5-9(2)18-13(10)16-7-15-12/h5,7-8,11H,3-4,6H2,1-2H3. The minimum absolute atomic E-state index is 0.635. The van der Waals surface area contributed by atoms with E-state index in [1.165, 1.54) is 16.7 Å². The van der Waals surface area contributed by atoms with Gasteiger partial charge in [-0.25, -0.2) is 9.97 Å². The SMILES string of the molecule is Cc1cc2c(N3CCC(Br)C(C)C3)ncnc2s1. The van der Waals surface area contributed by atoms with Crippen molar-refractivity contribution in [3.63, 3.8) is 0 Å². The molecule has 2 aromatic heterocycles. The third-order valence-electron chi connectivity index (χ3n) is 3.53. The number of hydrogen-bond acceptors (Lipinski definition) is 4. The average Bonchev–Trinajstić information content (AvgIpc) is 2.72. The molecule has 2 aromatic rings. The van der Waals surface area contributed by atoms with E-state index in [4.69, 9.17) is 0 Å². The summed E-state index contributed by atoms with van der Waals surface area (Å²) in [5.74, 6) is 1.76. The summed E-state index contributed by atoms with van der Waals surface area (Å²) >= 11 is 5.49. The van der Waals surface area contributed by atoms with Crippen LogP contribution in [0, 0.1) is 12.8 Å². The van der Waals surface area contributed by atoms with Crippen LogP contribution >= 0.6 is 27.3 Å². The summed E-state index contributed by atoms with van der Waals surface area (Å²) in [6.07, 6.45) is 2.87. The second-order valence-corrected chi connectivity index (χ2v) is 7.41. The van der Waals surface area contributed by atoms with Crippen LogP contribution in [0.25, 0.3) is 10.2 Å². The number of alkyl halides is 1. The zero-order chi connectivity index (χ0) is 12.7. The number of aryl methyl sites for hydroxylation is 1. The second kappa shape index (κ2) is 4.78. The van der Waals surface area contributed by atoms with Gasteiger partial charge in [-0.3, -0.25) is 0 Å². The summed E-state index contributed by atoms with van der Waals surface area (Å²) in [6.45, 7) is 6.56. The molecule has 0 saturated carbocycles. The van der Waals surface area contributed by atoms with Gasteiger partial charge in [-0.1, -0.05) is 22.9 Å². The van der Waals surface area contributed by atoms with Gasteiger partial charge in [0.15, 0.2) is 0 Å². The zero-order valence-electron chi connectivity index (χ0n) is 10.6. The molecule has 3 heterocycles. The van der Waals surface area contributed by atoms with Gasteiger partial charge in [-0.15, -0.1) is 11.3 Å². The molecule has 1 aliphatic heterocycles. The lowest BCUT2D eigenvalue weighted by Crippen LogP contribution is -2.40. The molecule has 0 aliphatic carbocycles. The Labute approximate surface area is 119 Å². The van der Waals surface area contributed by atoms with Crippen LogP contribution in [0.2, 0.25) is 0 Å². The lowest BCUT2D eigenvalue weighted by Gasteiger charge is -2.35. The molecule has 0 bridgehead atoms. The van der Waals surface area contributed by atoms with Crippen LogP contribution in [-0.4, -0.2) is 27.9 Å². The highest BCUT2D eigenvalue weighted by Crippen LogP contribution is 2.33. The molecule has 0 amide bonds. The number of rotatable bonds is 1. The molecule has 1 fully saturated rings. The quantitative estimate of drug-likeness (QED) is 0.750. The number of halogens is 1. The van der Waals surface area contributed by atoms with Gasteiger partial charge in [0.05, 0.1) is 5.39 Å². The molecule has 0 radical (unpaired) electrons. The lowest BCUT2D eigenvalue weighted by atomic mass is 10.00. The molecule has 5 heteroatoms. The lowest BCUT2D eigenvalue weighted by molar-refractivity contribution is 0.464. The van der Waals surface area contributed by atoms with Crippen LogP contribution in [0.1, 0.15) is 18.2 Å². The number of anilines is 1. The van der Waals surface area contributed by atoms with Crippen molar-refractivity contribution in [1.82, 2.24) is 9.97 Å². The van der Waals surface area contributed by atoms with E-state index in [0.717, 1.165) is 23.7 Å². The number of thiophene rings is 1. The van der Waals surface area contributed by atoms with E-state index in [1.807, 2.05) is 0 Å². The number of aromatic nitrogens is 2. The highest BCUT2D eigenvalue weighted by molar-refractivity contribution is 9.09. The van der Waals surface area contributed by atoms with Crippen LogP contribution < -0.4 is 4.90 Å². The predicted octanol–water partition coefficient (Wildman–Crippen LogP) is 3.61. The molecule has 2 atom stereocenters. The van der Waals surface area contributed by atoms with E-state index in [1.54, 1.807) is 17.7 Å². The van der Waals surface area contributed by atoms with Crippen LogP contribution in [0.5, 0.6) is 0 Å². The number of piperidine rings is 1. The van der Waals surface area contributed by atoms with Crippen LogP contribution in [0.15, 0.2) is 12.4 Å². The van der Waals surface area contributed by atoms with Crippen molar-refractivity contribution >= 4 is 43.3 Å². The van der Waals surface area contributed by atoms with Gasteiger partial charge in [-0.2, -0.15) is 0 Å². The zero-order valence-corrected chi connectivity index (χ0v) is 13.0. The van der Waals surface area contributed by atoms with Gasteiger partial charge in [-0.05, 0) is 25.3 Å². The minimum Gasteiger partial charge on any atom is -0.356 e. The van der Waals surface area contributed by atoms with Crippen molar-refractivity contribution in [3.05, 3.63) is 17.3 Å². The molecule has 1 saturated heterocycles. The van der Waals surface area contributed by atoms with Gasteiger partial charge in [0, 0.05) is 22.8 Å². The normalized spacial score (nSPS) is 24.7. The highest BCUT2D eigenvalue weighted by atomic mass is 79.9. The van der Waals surface area contributed by atoms with Crippen LogP contribution in [-0.2, 0) is 0 Å². The molecule has 0 aromatic carbocycles.